The minimum atomic E-state index is -0.941. The molecule has 0 saturated carbocycles. The second-order valence-electron chi connectivity index (χ2n) is 4.50. The Morgan fingerprint density at radius 3 is 3.18 bits per heavy atom. The van der Waals surface area contributed by atoms with Gasteiger partial charge in [0, 0.05) is 19.3 Å². The molecule has 0 spiro atoms. The lowest BCUT2D eigenvalue weighted by molar-refractivity contribution is 0.0697. The third-order valence-electron chi connectivity index (χ3n) is 3.09. The summed E-state index contributed by atoms with van der Waals surface area (Å²) in [5.41, 5.74) is 0.235. The topological polar surface area (TPSA) is 65.5 Å². The Hall–Kier alpha value is -1.62. The van der Waals surface area contributed by atoms with Gasteiger partial charge in [-0.25, -0.2) is 9.78 Å². The fourth-order valence-electron chi connectivity index (χ4n) is 2.15. The zero-order valence-corrected chi connectivity index (χ0v) is 9.89. The number of anilines is 1. The van der Waals surface area contributed by atoms with E-state index in [1.165, 1.54) is 0 Å². The summed E-state index contributed by atoms with van der Waals surface area (Å²) in [6.07, 6.45) is 2.76. The number of nitrogens with one attached hydrogen (secondary N) is 1. The largest absolute Gasteiger partial charge is 0.478 e. The summed E-state index contributed by atoms with van der Waals surface area (Å²) in [6.45, 7) is 2.95. The van der Waals surface area contributed by atoms with Crippen molar-refractivity contribution >= 4 is 11.8 Å². The first kappa shape index (κ1) is 11.9. The lowest BCUT2D eigenvalue weighted by Gasteiger charge is -2.13. The van der Waals surface area contributed by atoms with E-state index in [2.05, 4.69) is 22.2 Å². The Kier molecular flexibility index (Phi) is 3.58. The van der Waals surface area contributed by atoms with Crippen LogP contribution in [0.1, 0.15) is 16.8 Å². The highest BCUT2D eigenvalue weighted by molar-refractivity contribution is 5.92. The lowest BCUT2D eigenvalue weighted by atomic mass is 10.1. The maximum atomic E-state index is 11.0. The van der Waals surface area contributed by atoms with Crippen LogP contribution < -0.4 is 5.32 Å². The van der Waals surface area contributed by atoms with Gasteiger partial charge in [0.25, 0.3) is 0 Å². The summed E-state index contributed by atoms with van der Waals surface area (Å²) in [6, 6.07) is 3.20. The lowest BCUT2D eigenvalue weighted by Crippen LogP contribution is -2.20. The van der Waals surface area contributed by atoms with Gasteiger partial charge in [-0.15, -0.1) is 0 Å². The molecule has 0 bridgehead atoms. The number of hydrogen-bond acceptors (Lipinski definition) is 4. The molecule has 1 saturated heterocycles. The minimum Gasteiger partial charge on any atom is -0.478 e. The van der Waals surface area contributed by atoms with Crippen molar-refractivity contribution in [2.24, 2.45) is 5.92 Å². The predicted octanol–water partition coefficient (Wildman–Crippen LogP) is 1.14. The van der Waals surface area contributed by atoms with Crippen LogP contribution in [0.5, 0.6) is 0 Å². The van der Waals surface area contributed by atoms with Crippen LogP contribution in [0.2, 0.25) is 0 Å². The molecule has 5 nitrogen and oxygen atoms in total. The first-order chi connectivity index (χ1) is 8.16. The summed E-state index contributed by atoms with van der Waals surface area (Å²) >= 11 is 0. The number of likely N-dealkylation sites (tertiary alicyclic amines) is 1. The van der Waals surface area contributed by atoms with Crippen molar-refractivity contribution in [1.82, 2.24) is 9.88 Å². The standard InChI is InChI=1S/C12H17N3O2/c1-15-6-4-9(8-15)7-14-11-10(12(16)17)3-2-5-13-11/h2-3,5,9H,4,6-8H2,1H3,(H,13,14)(H,16,17). The molecule has 2 rings (SSSR count). The average molecular weight is 235 g/mol. The van der Waals surface area contributed by atoms with Crippen LogP contribution in [0.4, 0.5) is 5.82 Å². The zero-order valence-electron chi connectivity index (χ0n) is 9.89. The van der Waals surface area contributed by atoms with Gasteiger partial charge in [0.2, 0.25) is 0 Å². The molecule has 1 aliphatic heterocycles. The average Bonchev–Trinajstić information content (AvgIpc) is 2.73. The third kappa shape index (κ3) is 2.94. The van der Waals surface area contributed by atoms with E-state index in [4.69, 9.17) is 5.11 Å². The van der Waals surface area contributed by atoms with E-state index < -0.39 is 5.97 Å². The van der Waals surface area contributed by atoms with E-state index in [1.54, 1.807) is 18.3 Å². The molecule has 17 heavy (non-hydrogen) atoms. The second kappa shape index (κ2) is 5.14. The van der Waals surface area contributed by atoms with Crippen LogP contribution in [-0.2, 0) is 0 Å². The molecule has 1 aromatic heterocycles. The number of carbonyl (C=O) groups is 1. The molecule has 2 N–H and O–H groups in total. The van der Waals surface area contributed by atoms with E-state index in [-0.39, 0.29) is 5.56 Å². The van der Waals surface area contributed by atoms with Gasteiger partial charge < -0.3 is 15.3 Å². The normalized spacial score (nSPS) is 20.4. The Balaban J connectivity index is 1.97. The molecular weight excluding hydrogens is 218 g/mol. The Morgan fingerprint density at radius 2 is 2.53 bits per heavy atom. The molecule has 1 aromatic rings. The van der Waals surface area contributed by atoms with Gasteiger partial charge >= 0.3 is 5.97 Å². The number of aromatic carboxylic acids is 1. The van der Waals surface area contributed by atoms with Crippen molar-refractivity contribution in [3.8, 4) is 0 Å². The molecule has 1 fully saturated rings. The molecule has 0 aromatic carbocycles. The molecule has 1 aliphatic rings. The summed E-state index contributed by atoms with van der Waals surface area (Å²) in [7, 11) is 2.10. The van der Waals surface area contributed by atoms with E-state index in [1.807, 2.05) is 0 Å². The molecule has 0 amide bonds. The number of hydrogen-bond donors (Lipinski definition) is 2. The Labute approximate surface area is 100 Å². The van der Waals surface area contributed by atoms with Crippen LogP contribution in [-0.4, -0.2) is 47.6 Å². The van der Waals surface area contributed by atoms with Gasteiger partial charge in [0.15, 0.2) is 0 Å². The first-order valence-electron chi connectivity index (χ1n) is 5.77. The molecule has 1 unspecified atom stereocenters. The van der Waals surface area contributed by atoms with Crippen LogP contribution in [0.25, 0.3) is 0 Å². The minimum absolute atomic E-state index is 0.235. The number of carboxylic acids is 1. The molecule has 5 heteroatoms. The van der Waals surface area contributed by atoms with Gasteiger partial charge in [-0.1, -0.05) is 0 Å². The highest BCUT2D eigenvalue weighted by atomic mass is 16.4. The fraction of sp³-hybridized carbons (Fsp3) is 0.500. The van der Waals surface area contributed by atoms with E-state index in [9.17, 15) is 4.79 Å². The van der Waals surface area contributed by atoms with Gasteiger partial charge in [-0.3, -0.25) is 0 Å². The maximum Gasteiger partial charge on any atom is 0.339 e. The SMILES string of the molecule is CN1CCC(CNc2ncccc2C(=O)O)C1. The molecule has 1 atom stereocenters. The van der Waals surface area contributed by atoms with Crippen molar-refractivity contribution < 1.29 is 9.90 Å². The van der Waals surface area contributed by atoms with Gasteiger partial charge in [0.05, 0.1) is 0 Å². The van der Waals surface area contributed by atoms with E-state index >= 15 is 0 Å². The van der Waals surface area contributed by atoms with Crippen molar-refractivity contribution in [2.45, 2.75) is 6.42 Å². The fourth-order valence-corrected chi connectivity index (χ4v) is 2.15. The highest BCUT2D eigenvalue weighted by Crippen LogP contribution is 2.17. The monoisotopic (exact) mass is 235 g/mol. The van der Waals surface area contributed by atoms with Gasteiger partial charge in [-0.2, -0.15) is 0 Å². The molecule has 0 radical (unpaired) electrons. The van der Waals surface area contributed by atoms with Gasteiger partial charge in [-0.05, 0) is 38.1 Å². The Bertz CT molecular complexity index is 408. The first-order valence-corrected chi connectivity index (χ1v) is 5.77. The van der Waals surface area contributed by atoms with Gasteiger partial charge in [0.1, 0.15) is 11.4 Å². The number of carboxylic acid groups (broad SMARTS) is 1. The quantitative estimate of drug-likeness (QED) is 0.819. The molecule has 92 valence electrons. The van der Waals surface area contributed by atoms with Crippen LogP contribution >= 0.6 is 0 Å². The summed E-state index contributed by atoms with van der Waals surface area (Å²) in [5.74, 6) is 0.0994. The van der Waals surface area contributed by atoms with Crippen LogP contribution in [0, 0.1) is 5.92 Å². The third-order valence-corrected chi connectivity index (χ3v) is 3.09. The summed E-state index contributed by atoms with van der Waals surface area (Å²) < 4.78 is 0. The molecule has 2 heterocycles. The number of nitrogens with zero attached hydrogens (tertiary/aromatic N) is 2. The highest BCUT2D eigenvalue weighted by Gasteiger charge is 2.20. The predicted molar refractivity (Wildman–Crippen MR) is 65.3 cm³/mol. The van der Waals surface area contributed by atoms with Crippen molar-refractivity contribution in [1.29, 1.82) is 0 Å². The number of aromatic nitrogens is 1. The molecule has 0 aliphatic carbocycles. The van der Waals surface area contributed by atoms with Crippen molar-refractivity contribution in [2.75, 3.05) is 32.0 Å². The molecular formula is C12H17N3O2. The Morgan fingerprint density at radius 1 is 1.71 bits per heavy atom. The van der Waals surface area contributed by atoms with Crippen molar-refractivity contribution in [3.05, 3.63) is 23.9 Å². The van der Waals surface area contributed by atoms with Crippen LogP contribution in [0.3, 0.4) is 0 Å². The van der Waals surface area contributed by atoms with Crippen molar-refractivity contribution in [3.63, 3.8) is 0 Å². The van der Waals surface area contributed by atoms with E-state index in [0.717, 1.165) is 26.1 Å². The number of pyridine rings is 1. The second-order valence-corrected chi connectivity index (χ2v) is 4.50. The number of rotatable bonds is 4. The maximum absolute atomic E-state index is 11.0. The zero-order chi connectivity index (χ0) is 12.3. The smallest absolute Gasteiger partial charge is 0.339 e. The van der Waals surface area contributed by atoms with E-state index in [0.29, 0.717) is 11.7 Å². The van der Waals surface area contributed by atoms with Crippen LogP contribution in [0.15, 0.2) is 18.3 Å². The summed E-state index contributed by atoms with van der Waals surface area (Å²) in [4.78, 5) is 17.3. The summed E-state index contributed by atoms with van der Waals surface area (Å²) in [5, 5.41) is 12.1.